The lowest BCUT2D eigenvalue weighted by atomic mass is 10.2. The summed E-state index contributed by atoms with van der Waals surface area (Å²) in [6.07, 6.45) is 0. The third-order valence-electron chi connectivity index (χ3n) is 2.61. The summed E-state index contributed by atoms with van der Waals surface area (Å²) in [7, 11) is -3.82. The molecular formula is C13H13BrFN3O2S. The fourth-order valence-electron chi connectivity index (χ4n) is 1.73. The minimum atomic E-state index is -3.82. The second-order valence-corrected chi connectivity index (χ2v) is 6.53. The van der Waals surface area contributed by atoms with E-state index in [1.807, 2.05) is 0 Å². The zero-order valence-corrected chi connectivity index (χ0v) is 13.2. The Bertz CT molecular complexity index is 753. The number of hydrogen-bond donors (Lipinski definition) is 3. The van der Waals surface area contributed by atoms with Gasteiger partial charge in [0, 0.05) is 22.3 Å². The first-order valence-corrected chi connectivity index (χ1v) is 8.26. The molecule has 0 saturated carbocycles. The Hall–Kier alpha value is -1.64. The molecule has 0 bridgehead atoms. The van der Waals surface area contributed by atoms with E-state index in [-0.39, 0.29) is 12.4 Å². The van der Waals surface area contributed by atoms with Crippen molar-refractivity contribution in [2.75, 3.05) is 10.0 Å². The first kappa shape index (κ1) is 15.7. The van der Waals surface area contributed by atoms with E-state index < -0.39 is 10.2 Å². The van der Waals surface area contributed by atoms with E-state index in [2.05, 4.69) is 26.0 Å². The molecule has 2 aromatic rings. The highest BCUT2D eigenvalue weighted by Crippen LogP contribution is 2.19. The van der Waals surface area contributed by atoms with Gasteiger partial charge in [-0.25, -0.2) is 9.53 Å². The second kappa shape index (κ2) is 6.42. The average molecular weight is 374 g/mol. The van der Waals surface area contributed by atoms with Gasteiger partial charge in [-0.05, 0) is 36.4 Å². The zero-order chi connectivity index (χ0) is 15.5. The quantitative estimate of drug-likeness (QED) is 0.753. The van der Waals surface area contributed by atoms with E-state index in [0.29, 0.717) is 16.9 Å². The topological polar surface area (TPSA) is 84.2 Å². The third kappa shape index (κ3) is 5.00. The van der Waals surface area contributed by atoms with E-state index in [9.17, 15) is 12.8 Å². The molecule has 2 aromatic carbocycles. The van der Waals surface area contributed by atoms with Crippen molar-refractivity contribution >= 4 is 37.5 Å². The number of anilines is 2. The average Bonchev–Trinajstić information content (AvgIpc) is 2.38. The summed E-state index contributed by atoms with van der Waals surface area (Å²) in [5.41, 5.74) is 1.47. The van der Waals surface area contributed by atoms with E-state index in [4.69, 9.17) is 5.14 Å². The van der Waals surface area contributed by atoms with Gasteiger partial charge in [0.15, 0.2) is 0 Å². The number of rotatable bonds is 5. The maximum Gasteiger partial charge on any atom is 0.296 e. The molecule has 112 valence electrons. The molecule has 0 heterocycles. The zero-order valence-electron chi connectivity index (χ0n) is 10.8. The summed E-state index contributed by atoms with van der Waals surface area (Å²) in [5, 5.41) is 7.92. The molecule has 0 saturated heterocycles. The fourth-order valence-corrected chi connectivity index (χ4v) is 2.60. The van der Waals surface area contributed by atoms with Crippen LogP contribution in [-0.4, -0.2) is 8.42 Å². The lowest BCUT2D eigenvalue weighted by molar-refractivity contribution is 0.603. The Kier molecular flexibility index (Phi) is 4.81. The lowest BCUT2D eigenvalue weighted by Crippen LogP contribution is -2.21. The maximum atomic E-state index is 13.6. The largest absolute Gasteiger partial charge is 0.381 e. The number of hydrogen-bond acceptors (Lipinski definition) is 3. The first-order chi connectivity index (χ1) is 9.83. The summed E-state index contributed by atoms with van der Waals surface area (Å²) in [4.78, 5) is 0. The van der Waals surface area contributed by atoms with E-state index in [0.717, 1.165) is 4.47 Å². The van der Waals surface area contributed by atoms with Crippen molar-refractivity contribution in [2.24, 2.45) is 5.14 Å². The van der Waals surface area contributed by atoms with Crippen molar-refractivity contribution in [2.45, 2.75) is 6.54 Å². The fraction of sp³-hybridized carbons (Fsp3) is 0.0769. The van der Waals surface area contributed by atoms with Gasteiger partial charge in [-0.1, -0.05) is 22.0 Å². The molecule has 0 radical (unpaired) electrons. The molecule has 0 atom stereocenters. The summed E-state index contributed by atoms with van der Waals surface area (Å²) in [5.74, 6) is -0.315. The standard InChI is InChI=1S/C13H13BrFN3O2S/c14-10-4-5-13(15)9(6-10)8-17-11-2-1-3-12(7-11)18-21(16,19)20/h1-7,17-18H,8H2,(H2,16,19,20). The summed E-state index contributed by atoms with van der Waals surface area (Å²) < 4.78 is 38.5. The predicted octanol–water partition coefficient (Wildman–Crippen LogP) is 2.82. The summed E-state index contributed by atoms with van der Waals surface area (Å²) >= 11 is 3.28. The molecule has 0 aromatic heterocycles. The van der Waals surface area contributed by atoms with Crippen LogP contribution in [0.5, 0.6) is 0 Å². The van der Waals surface area contributed by atoms with Crippen LogP contribution in [-0.2, 0) is 16.8 Å². The van der Waals surface area contributed by atoms with Crippen molar-refractivity contribution in [3.8, 4) is 0 Å². The Balaban J connectivity index is 2.10. The van der Waals surface area contributed by atoms with Crippen molar-refractivity contribution in [1.82, 2.24) is 0 Å². The monoisotopic (exact) mass is 373 g/mol. The van der Waals surface area contributed by atoms with Gasteiger partial charge in [-0.3, -0.25) is 4.72 Å². The van der Waals surface area contributed by atoms with Crippen LogP contribution in [0, 0.1) is 5.82 Å². The predicted molar refractivity (Wildman–Crippen MR) is 84.6 cm³/mol. The van der Waals surface area contributed by atoms with Crippen LogP contribution >= 0.6 is 15.9 Å². The van der Waals surface area contributed by atoms with Crippen molar-refractivity contribution in [3.63, 3.8) is 0 Å². The number of nitrogens with one attached hydrogen (secondary N) is 2. The highest BCUT2D eigenvalue weighted by molar-refractivity contribution is 9.10. The molecule has 21 heavy (non-hydrogen) atoms. The van der Waals surface area contributed by atoms with Crippen LogP contribution in [0.3, 0.4) is 0 Å². The van der Waals surface area contributed by atoms with Crippen molar-refractivity contribution < 1.29 is 12.8 Å². The molecule has 8 heteroatoms. The molecular weight excluding hydrogens is 361 g/mol. The number of halogens is 2. The van der Waals surface area contributed by atoms with Gasteiger partial charge in [-0.15, -0.1) is 0 Å². The molecule has 0 aliphatic heterocycles. The lowest BCUT2D eigenvalue weighted by Gasteiger charge is -2.10. The van der Waals surface area contributed by atoms with Crippen molar-refractivity contribution in [3.05, 3.63) is 58.3 Å². The van der Waals surface area contributed by atoms with Crippen LogP contribution in [0.25, 0.3) is 0 Å². The molecule has 0 aliphatic carbocycles. The SMILES string of the molecule is NS(=O)(=O)Nc1cccc(NCc2cc(Br)ccc2F)c1. The van der Waals surface area contributed by atoms with Gasteiger partial charge in [0.1, 0.15) is 5.82 Å². The van der Waals surface area contributed by atoms with Gasteiger partial charge in [0.25, 0.3) is 10.2 Å². The highest BCUT2D eigenvalue weighted by atomic mass is 79.9. The Morgan fingerprint density at radius 1 is 1.14 bits per heavy atom. The van der Waals surface area contributed by atoms with Crippen LogP contribution in [0.2, 0.25) is 0 Å². The molecule has 0 amide bonds. The van der Waals surface area contributed by atoms with Gasteiger partial charge in [0.05, 0.1) is 5.69 Å². The van der Waals surface area contributed by atoms with E-state index in [1.165, 1.54) is 6.07 Å². The normalized spacial score (nSPS) is 11.2. The minimum absolute atomic E-state index is 0.268. The van der Waals surface area contributed by atoms with E-state index >= 15 is 0 Å². The number of benzene rings is 2. The second-order valence-electron chi connectivity index (χ2n) is 4.32. The number of nitrogens with two attached hydrogens (primary N) is 1. The summed E-state index contributed by atoms with van der Waals surface area (Å²) in [6, 6.07) is 11.2. The van der Waals surface area contributed by atoms with Gasteiger partial charge < -0.3 is 5.32 Å². The molecule has 0 spiro atoms. The van der Waals surface area contributed by atoms with Gasteiger partial charge in [-0.2, -0.15) is 8.42 Å². The molecule has 2 rings (SSSR count). The smallest absolute Gasteiger partial charge is 0.296 e. The van der Waals surface area contributed by atoms with Crippen LogP contribution in [0.1, 0.15) is 5.56 Å². The molecule has 5 nitrogen and oxygen atoms in total. The Labute approximate surface area is 130 Å². The van der Waals surface area contributed by atoms with Crippen LogP contribution < -0.4 is 15.2 Å². The van der Waals surface area contributed by atoms with Gasteiger partial charge >= 0.3 is 0 Å². The molecule has 0 fully saturated rings. The Morgan fingerprint density at radius 2 is 1.86 bits per heavy atom. The first-order valence-electron chi connectivity index (χ1n) is 5.92. The summed E-state index contributed by atoms with van der Waals surface area (Å²) in [6.45, 7) is 0.268. The highest BCUT2D eigenvalue weighted by Gasteiger charge is 2.05. The van der Waals surface area contributed by atoms with Crippen LogP contribution in [0.4, 0.5) is 15.8 Å². The van der Waals surface area contributed by atoms with Crippen LogP contribution in [0.15, 0.2) is 46.9 Å². The third-order valence-corrected chi connectivity index (χ3v) is 3.63. The minimum Gasteiger partial charge on any atom is -0.381 e. The van der Waals surface area contributed by atoms with Gasteiger partial charge in [0.2, 0.25) is 0 Å². The molecule has 0 unspecified atom stereocenters. The maximum absolute atomic E-state index is 13.6. The Morgan fingerprint density at radius 3 is 2.57 bits per heavy atom. The molecule has 0 aliphatic rings. The van der Waals surface area contributed by atoms with E-state index in [1.54, 1.807) is 36.4 Å². The molecule has 4 N–H and O–H groups in total. The van der Waals surface area contributed by atoms with Crippen molar-refractivity contribution in [1.29, 1.82) is 0 Å².